The molecule has 0 saturated heterocycles. The molecule has 2 rings (SSSR count). The van der Waals surface area contributed by atoms with Crippen LogP contribution in [0.2, 0.25) is 0 Å². The lowest BCUT2D eigenvalue weighted by Gasteiger charge is -2.03. The minimum absolute atomic E-state index is 0.0400. The maximum Gasteiger partial charge on any atom is 0.263 e. The highest BCUT2D eigenvalue weighted by molar-refractivity contribution is 5.79. The summed E-state index contributed by atoms with van der Waals surface area (Å²) >= 11 is 0. The summed E-state index contributed by atoms with van der Waals surface area (Å²) < 4.78 is 25.1. The van der Waals surface area contributed by atoms with Gasteiger partial charge in [0.2, 0.25) is 0 Å². The van der Waals surface area contributed by atoms with E-state index in [1.54, 1.807) is 36.4 Å². The lowest BCUT2D eigenvalue weighted by Crippen LogP contribution is -1.91. The Labute approximate surface area is 121 Å². The van der Waals surface area contributed by atoms with Crippen molar-refractivity contribution < 1.29 is 13.6 Å². The van der Waals surface area contributed by atoms with Crippen molar-refractivity contribution >= 4 is 6.21 Å². The topological polar surface area (TPSA) is 45.4 Å². The van der Waals surface area contributed by atoms with Crippen LogP contribution in [0.3, 0.4) is 0 Å². The second-order valence-electron chi connectivity index (χ2n) is 4.29. The van der Waals surface area contributed by atoms with Crippen molar-refractivity contribution in [2.75, 3.05) is 0 Å². The predicted molar refractivity (Wildman–Crippen MR) is 74.9 cm³/mol. The van der Waals surface area contributed by atoms with Gasteiger partial charge >= 0.3 is 0 Å². The van der Waals surface area contributed by atoms with Gasteiger partial charge in [-0.2, -0.15) is 5.26 Å². The molecule has 3 nitrogen and oxygen atoms in total. The van der Waals surface area contributed by atoms with Crippen LogP contribution in [0.25, 0.3) is 0 Å². The summed E-state index contributed by atoms with van der Waals surface area (Å²) in [6.07, 6.45) is -1.03. The Morgan fingerprint density at radius 3 is 2.76 bits per heavy atom. The third-order valence-electron chi connectivity index (χ3n) is 2.73. The van der Waals surface area contributed by atoms with E-state index < -0.39 is 6.43 Å². The standard InChI is InChI=1S/C16H12F2N2O/c17-16(18)15-6-2-5-14(8-15)11-21-20-10-13-4-1-3-12(7-13)9-19/h1-8,10,16H,11H2. The summed E-state index contributed by atoms with van der Waals surface area (Å²) in [6, 6.07) is 14.9. The van der Waals surface area contributed by atoms with Gasteiger partial charge in [-0.3, -0.25) is 0 Å². The van der Waals surface area contributed by atoms with Gasteiger partial charge in [-0.05, 0) is 29.3 Å². The molecule has 5 heteroatoms. The normalized spacial score (nSPS) is 10.8. The zero-order valence-corrected chi connectivity index (χ0v) is 11.0. The van der Waals surface area contributed by atoms with Crippen molar-refractivity contribution in [1.29, 1.82) is 5.26 Å². The lowest BCUT2D eigenvalue weighted by molar-refractivity contribution is 0.130. The van der Waals surface area contributed by atoms with Crippen molar-refractivity contribution in [3.63, 3.8) is 0 Å². The van der Waals surface area contributed by atoms with Crippen LogP contribution in [0.1, 0.15) is 28.7 Å². The molecule has 0 unspecified atom stereocenters. The molecule has 2 aromatic rings. The number of alkyl halides is 2. The van der Waals surface area contributed by atoms with Crippen molar-refractivity contribution in [1.82, 2.24) is 0 Å². The first-order chi connectivity index (χ1) is 10.2. The molecule has 0 spiro atoms. The van der Waals surface area contributed by atoms with Gasteiger partial charge in [0.25, 0.3) is 6.43 Å². The molecule has 0 fully saturated rings. The molecule has 2 aromatic carbocycles. The Morgan fingerprint density at radius 1 is 1.19 bits per heavy atom. The van der Waals surface area contributed by atoms with Crippen LogP contribution < -0.4 is 0 Å². The molecule has 0 bridgehead atoms. The second kappa shape index (κ2) is 7.15. The van der Waals surface area contributed by atoms with E-state index in [1.165, 1.54) is 18.3 Å². The number of hydrogen-bond donors (Lipinski definition) is 0. The van der Waals surface area contributed by atoms with Crippen LogP contribution in [0.15, 0.2) is 53.7 Å². The number of oxime groups is 1. The van der Waals surface area contributed by atoms with Gasteiger partial charge in [0.1, 0.15) is 6.61 Å². The molecule has 0 aromatic heterocycles. The van der Waals surface area contributed by atoms with Crippen molar-refractivity contribution in [3.05, 3.63) is 70.8 Å². The first-order valence-corrected chi connectivity index (χ1v) is 6.21. The maximum absolute atomic E-state index is 12.5. The summed E-state index contributed by atoms with van der Waals surface area (Å²) in [5, 5.41) is 12.5. The van der Waals surface area contributed by atoms with Crippen LogP contribution in [0, 0.1) is 11.3 Å². The third-order valence-corrected chi connectivity index (χ3v) is 2.73. The number of hydrogen-bond acceptors (Lipinski definition) is 3. The Balaban J connectivity index is 1.93. The molecule has 0 saturated carbocycles. The lowest BCUT2D eigenvalue weighted by atomic mass is 10.1. The SMILES string of the molecule is N#Cc1cccc(C=NOCc2cccc(C(F)F)c2)c1. The quantitative estimate of drug-likeness (QED) is 0.615. The zero-order valence-electron chi connectivity index (χ0n) is 11.0. The summed E-state index contributed by atoms with van der Waals surface area (Å²) in [5.74, 6) is 0. The molecule has 0 N–H and O–H groups in total. The fraction of sp³-hybridized carbons (Fsp3) is 0.125. The summed E-state index contributed by atoms with van der Waals surface area (Å²) in [4.78, 5) is 5.07. The summed E-state index contributed by atoms with van der Waals surface area (Å²) in [6.45, 7) is 0.106. The van der Waals surface area contributed by atoms with Gasteiger partial charge in [0, 0.05) is 5.56 Å². The van der Waals surface area contributed by atoms with E-state index in [0.717, 1.165) is 5.56 Å². The molecular weight excluding hydrogens is 274 g/mol. The monoisotopic (exact) mass is 286 g/mol. The van der Waals surface area contributed by atoms with Crippen molar-refractivity contribution in [2.24, 2.45) is 5.16 Å². The van der Waals surface area contributed by atoms with Gasteiger partial charge in [-0.15, -0.1) is 0 Å². The number of nitriles is 1. The number of rotatable bonds is 5. The van der Waals surface area contributed by atoms with E-state index in [0.29, 0.717) is 11.1 Å². The van der Waals surface area contributed by atoms with Gasteiger partial charge in [-0.25, -0.2) is 8.78 Å². The van der Waals surface area contributed by atoms with E-state index in [9.17, 15) is 8.78 Å². The van der Waals surface area contributed by atoms with Gasteiger partial charge in [0.15, 0.2) is 0 Å². The van der Waals surface area contributed by atoms with Crippen LogP contribution in [-0.4, -0.2) is 6.21 Å². The van der Waals surface area contributed by atoms with E-state index in [-0.39, 0.29) is 12.2 Å². The minimum Gasteiger partial charge on any atom is -0.391 e. The van der Waals surface area contributed by atoms with Gasteiger partial charge in [0.05, 0.1) is 17.8 Å². The average molecular weight is 286 g/mol. The fourth-order valence-corrected chi connectivity index (χ4v) is 1.72. The van der Waals surface area contributed by atoms with E-state index in [4.69, 9.17) is 10.1 Å². The second-order valence-corrected chi connectivity index (χ2v) is 4.29. The molecule has 0 heterocycles. The van der Waals surface area contributed by atoms with E-state index in [1.807, 2.05) is 6.07 Å². The first-order valence-electron chi connectivity index (χ1n) is 6.21. The number of halogens is 2. The molecule has 0 aliphatic rings. The van der Waals surface area contributed by atoms with Crippen LogP contribution in [0.4, 0.5) is 8.78 Å². The highest BCUT2D eigenvalue weighted by Gasteiger charge is 2.06. The van der Waals surface area contributed by atoms with Crippen molar-refractivity contribution in [3.8, 4) is 6.07 Å². The van der Waals surface area contributed by atoms with Crippen LogP contribution in [0.5, 0.6) is 0 Å². The largest absolute Gasteiger partial charge is 0.391 e. The van der Waals surface area contributed by atoms with Crippen LogP contribution >= 0.6 is 0 Å². The molecule has 106 valence electrons. The molecule has 21 heavy (non-hydrogen) atoms. The van der Waals surface area contributed by atoms with E-state index >= 15 is 0 Å². The average Bonchev–Trinajstić information content (AvgIpc) is 2.52. The fourth-order valence-electron chi connectivity index (χ4n) is 1.72. The Kier molecular flexibility index (Phi) is 4.99. The minimum atomic E-state index is -2.50. The molecule has 0 aliphatic heterocycles. The zero-order chi connectivity index (χ0) is 15.1. The first kappa shape index (κ1) is 14.7. The Morgan fingerprint density at radius 2 is 2.00 bits per heavy atom. The third kappa shape index (κ3) is 4.39. The molecule has 0 amide bonds. The molecule has 0 radical (unpaired) electrons. The van der Waals surface area contributed by atoms with Crippen LogP contribution in [-0.2, 0) is 11.4 Å². The highest BCUT2D eigenvalue weighted by atomic mass is 19.3. The Bertz CT molecular complexity index is 678. The van der Waals surface area contributed by atoms with Crippen molar-refractivity contribution in [2.45, 2.75) is 13.0 Å². The summed E-state index contributed by atoms with van der Waals surface area (Å²) in [7, 11) is 0. The van der Waals surface area contributed by atoms with Gasteiger partial charge in [-0.1, -0.05) is 35.5 Å². The number of nitrogens with zero attached hydrogens (tertiary/aromatic N) is 2. The Hall–Kier alpha value is -2.74. The van der Waals surface area contributed by atoms with Gasteiger partial charge < -0.3 is 4.84 Å². The molecule has 0 aliphatic carbocycles. The predicted octanol–water partition coefficient (Wildman–Crippen LogP) is 4.05. The molecular formula is C16H12F2N2O. The highest BCUT2D eigenvalue weighted by Crippen LogP contribution is 2.19. The van der Waals surface area contributed by atoms with E-state index in [2.05, 4.69) is 5.16 Å². The number of benzene rings is 2. The maximum atomic E-state index is 12.5. The summed E-state index contributed by atoms with van der Waals surface area (Å²) in [5.41, 5.74) is 1.84. The molecule has 0 atom stereocenters. The smallest absolute Gasteiger partial charge is 0.263 e.